The van der Waals surface area contributed by atoms with Crippen LogP contribution in [0, 0.1) is 0 Å². The molecule has 0 saturated heterocycles. The van der Waals surface area contributed by atoms with Crippen molar-refractivity contribution >= 4 is 51.3 Å². The maximum Gasteiger partial charge on any atom is 0.242 e. The molecule has 0 radical (unpaired) electrons. The topological polar surface area (TPSA) is 95.5 Å². The molecule has 1 atom stereocenters. The number of halogens is 1. The molecule has 27 heavy (non-hydrogen) atoms. The van der Waals surface area contributed by atoms with Crippen molar-refractivity contribution in [3.8, 4) is 0 Å². The van der Waals surface area contributed by atoms with Crippen LogP contribution in [0.3, 0.4) is 0 Å². The molecule has 150 valence electrons. The van der Waals surface area contributed by atoms with Crippen LogP contribution in [0.4, 0.5) is 0 Å². The summed E-state index contributed by atoms with van der Waals surface area (Å²) in [5.74, 6) is 1.01. The van der Waals surface area contributed by atoms with Gasteiger partial charge in [0.1, 0.15) is 4.90 Å². The first-order valence-electron chi connectivity index (χ1n) is 8.47. The molecule has 0 aromatic carbocycles. The van der Waals surface area contributed by atoms with Crippen LogP contribution < -0.4 is 15.4 Å². The monoisotopic (exact) mass is 523 g/mol. The van der Waals surface area contributed by atoms with Crippen LogP contribution in [-0.2, 0) is 10.0 Å². The summed E-state index contributed by atoms with van der Waals surface area (Å²) in [6.45, 7) is 6.20. The molecular formula is C17H26IN5O2S2. The van der Waals surface area contributed by atoms with E-state index in [0.717, 1.165) is 6.54 Å². The molecule has 0 aliphatic heterocycles. The molecule has 1 unspecified atom stereocenters. The highest BCUT2D eigenvalue weighted by Gasteiger charge is 2.13. The number of guanidine groups is 1. The van der Waals surface area contributed by atoms with E-state index >= 15 is 0 Å². The van der Waals surface area contributed by atoms with E-state index in [1.54, 1.807) is 17.4 Å². The van der Waals surface area contributed by atoms with Crippen LogP contribution in [0.2, 0.25) is 0 Å². The van der Waals surface area contributed by atoms with Gasteiger partial charge in [-0.25, -0.2) is 13.1 Å². The first-order valence-corrected chi connectivity index (χ1v) is 10.9. The van der Waals surface area contributed by atoms with E-state index in [9.17, 15) is 8.42 Å². The number of hydrogen-bond donors (Lipinski definition) is 3. The van der Waals surface area contributed by atoms with Gasteiger partial charge in [0, 0.05) is 44.5 Å². The molecule has 2 heterocycles. The van der Waals surface area contributed by atoms with Gasteiger partial charge in [-0.05, 0) is 41.4 Å². The number of nitrogens with zero attached hydrogens (tertiary/aromatic N) is 2. The summed E-state index contributed by atoms with van der Waals surface area (Å²) in [4.78, 5) is 8.56. The highest BCUT2D eigenvalue weighted by molar-refractivity contribution is 14.0. The highest BCUT2D eigenvalue weighted by Crippen LogP contribution is 2.18. The Hall–Kier alpha value is -1.24. The van der Waals surface area contributed by atoms with E-state index in [-0.39, 0.29) is 35.4 Å². The minimum atomic E-state index is -3.54. The highest BCUT2D eigenvalue weighted by atomic mass is 127. The third kappa shape index (κ3) is 8.11. The average molecular weight is 523 g/mol. The Morgan fingerprint density at radius 1 is 1.30 bits per heavy atom. The quantitative estimate of drug-likeness (QED) is 0.203. The van der Waals surface area contributed by atoms with Crippen LogP contribution >= 0.6 is 35.3 Å². The van der Waals surface area contributed by atoms with E-state index in [1.807, 2.05) is 6.92 Å². The molecule has 3 N–H and O–H groups in total. The van der Waals surface area contributed by atoms with Gasteiger partial charge < -0.3 is 10.6 Å². The fourth-order valence-corrected chi connectivity index (χ4v) is 3.96. The van der Waals surface area contributed by atoms with E-state index < -0.39 is 10.0 Å². The predicted octanol–water partition coefficient (Wildman–Crippen LogP) is 2.40. The molecule has 0 bridgehead atoms. The Morgan fingerprint density at radius 2 is 2.11 bits per heavy atom. The lowest BCUT2D eigenvalue weighted by Gasteiger charge is -2.13. The standard InChI is InChI=1S/C17H25N5O2S2.HI/c1-3-19-17(21-11-14(2)15-6-10-25-13-15)20-8-9-22-26(23,24)16-5-4-7-18-12-16;/h4-7,10,12-14,22H,3,8-9,11H2,1-2H3,(H2,19,20,21);1H. The van der Waals surface area contributed by atoms with Crippen molar-refractivity contribution in [2.75, 3.05) is 26.2 Å². The van der Waals surface area contributed by atoms with E-state index in [1.165, 1.54) is 24.0 Å². The van der Waals surface area contributed by atoms with Crippen LogP contribution in [0.1, 0.15) is 25.3 Å². The molecule has 2 aromatic rings. The second-order valence-electron chi connectivity index (χ2n) is 5.69. The van der Waals surface area contributed by atoms with Crippen molar-refractivity contribution in [2.45, 2.75) is 24.7 Å². The van der Waals surface area contributed by atoms with Crippen molar-refractivity contribution in [3.63, 3.8) is 0 Å². The lowest BCUT2D eigenvalue weighted by Crippen LogP contribution is -2.41. The first kappa shape index (κ1) is 23.8. The van der Waals surface area contributed by atoms with Crippen molar-refractivity contribution < 1.29 is 8.42 Å². The Labute approximate surface area is 182 Å². The smallest absolute Gasteiger partial charge is 0.242 e. The minimum Gasteiger partial charge on any atom is -0.357 e. The zero-order chi connectivity index (χ0) is 18.8. The Morgan fingerprint density at radius 3 is 2.74 bits per heavy atom. The van der Waals surface area contributed by atoms with Gasteiger partial charge in [0.2, 0.25) is 10.0 Å². The number of aliphatic imine (C=N–C) groups is 1. The van der Waals surface area contributed by atoms with Crippen LogP contribution in [0.25, 0.3) is 0 Å². The molecule has 0 spiro atoms. The number of nitrogens with one attached hydrogen (secondary N) is 3. The molecule has 0 fully saturated rings. The molecule has 0 saturated carbocycles. The van der Waals surface area contributed by atoms with E-state index in [0.29, 0.717) is 25.0 Å². The molecule has 2 aromatic heterocycles. The van der Waals surface area contributed by atoms with Gasteiger partial charge >= 0.3 is 0 Å². The molecule has 10 heteroatoms. The Kier molecular flexibility index (Phi) is 10.8. The SMILES string of the molecule is CCNC(=NCC(C)c1ccsc1)NCCNS(=O)(=O)c1cccnc1.I. The molecule has 7 nitrogen and oxygen atoms in total. The molecule has 0 aliphatic rings. The van der Waals surface area contributed by atoms with E-state index in [2.05, 4.69) is 49.1 Å². The molecule has 0 aliphatic carbocycles. The van der Waals surface area contributed by atoms with Gasteiger partial charge in [-0.1, -0.05) is 6.92 Å². The number of rotatable bonds is 9. The number of thiophene rings is 1. The zero-order valence-electron chi connectivity index (χ0n) is 15.4. The lowest BCUT2D eigenvalue weighted by atomic mass is 10.1. The maximum atomic E-state index is 12.1. The maximum absolute atomic E-state index is 12.1. The average Bonchev–Trinajstić information content (AvgIpc) is 3.18. The summed E-state index contributed by atoms with van der Waals surface area (Å²) in [5, 5.41) is 10.5. The summed E-state index contributed by atoms with van der Waals surface area (Å²) in [5.41, 5.74) is 1.28. The van der Waals surface area contributed by atoms with Gasteiger partial charge in [0.15, 0.2) is 5.96 Å². The second-order valence-corrected chi connectivity index (χ2v) is 8.24. The van der Waals surface area contributed by atoms with Crippen molar-refractivity contribution in [2.24, 2.45) is 4.99 Å². The first-order chi connectivity index (χ1) is 12.5. The van der Waals surface area contributed by atoms with Crippen LogP contribution in [0.15, 0.2) is 51.2 Å². The Bertz CT molecular complexity index is 783. The summed E-state index contributed by atoms with van der Waals surface area (Å²) in [6, 6.07) is 5.22. The van der Waals surface area contributed by atoms with Gasteiger partial charge in [0.25, 0.3) is 0 Å². The summed E-state index contributed by atoms with van der Waals surface area (Å²) in [7, 11) is -3.54. The van der Waals surface area contributed by atoms with Gasteiger partial charge in [-0.2, -0.15) is 11.3 Å². The largest absolute Gasteiger partial charge is 0.357 e. The Balaban J connectivity index is 0.00000364. The van der Waals surface area contributed by atoms with Gasteiger partial charge in [-0.3, -0.25) is 9.98 Å². The van der Waals surface area contributed by atoms with Crippen LogP contribution in [0.5, 0.6) is 0 Å². The third-order valence-electron chi connectivity index (χ3n) is 3.63. The molecular weight excluding hydrogens is 497 g/mol. The summed E-state index contributed by atoms with van der Waals surface area (Å²) in [6.07, 6.45) is 2.87. The van der Waals surface area contributed by atoms with Crippen molar-refractivity contribution in [1.82, 2.24) is 20.3 Å². The number of hydrogen-bond acceptors (Lipinski definition) is 5. The lowest BCUT2D eigenvalue weighted by molar-refractivity contribution is 0.580. The zero-order valence-corrected chi connectivity index (χ0v) is 19.3. The normalized spacial score (nSPS) is 12.9. The third-order valence-corrected chi connectivity index (χ3v) is 5.78. The minimum absolute atomic E-state index is 0. The van der Waals surface area contributed by atoms with Gasteiger partial charge in [0.05, 0.1) is 0 Å². The molecule has 0 amide bonds. The number of sulfonamides is 1. The van der Waals surface area contributed by atoms with Crippen molar-refractivity contribution in [1.29, 1.82) is 0 Å². The second kappa shape index (κ2) is 12.3. The van der Waals surface area contributed by atoms with Crippen molar-refractivity contribution in [3.05, 3.63) is 46.9 Å². The van der Waals surface area contributed by atoms with Gasteiger partial charge in [-0.15, -0.1) is 24.0 Å². The number of pyridine rings is 1. The van der Waals surface area contributed by atoms with Crippen LogP contribution in [-0.4, -0.2) is 45.5 Å². The number of aromatic nitrogens is 1. The fraction of sp³-hybridized carbons (Fsp3) is 0.412. The summed E-state index contributed by atoms with van der Waals surface area (Å²) >= 11 is 1.68. The predicted molar refractivity (Wildman–Crippen MR) is 122 cm³/mol. The fourth-order valence-electron chi connectivity index (χ4n) is 2.19. The summed E-state index contributed by atoms with van der Waals surface area (Å²) < 4.78 is 26.8. The molecule has 2 rings (SSSR count). The van der Waals surface area contributed by atoms with E-state index in [4.69, 9.17) is 0 Å².